The molecule has 0 saturated heterocycles. The molecule has 2 aromatic rings. The zero-order valence-corrected chi connectivity index (χ0v) is 10.9. The molecule has 1 aromatic carbocycles. The van der Waals surface area contributed by atoms with Crippen LogP contribution in [0.5, 0.6) is 0 Å². The quantitative estimate of drug-likeness (QED) is 0.854. The Hall–Kier alpha value is -2.24. The number of hydrogen-bond acceptors (Lipinski definition) is 5. The van der Waals surface area contributed by atoms with Crippen molar-refractivity contribution in [3.05, 3.63) is 24.3 Å². The Bertz CT molecular complexity index is 586. The molecule has 0 spiro atoms. The number of fused-ring (bicyclic) bond motifs is 1. The minimum atomic E-state index is -0.912. The Morgan fingerprint density at radius 2 is 1.95 bits per heavy atom. The van der Waals surface area contributed by atoms with Gasteiger partial charge >= 0.3 is 5.97 Å². The number of hydrogen-bond donors (Lipinski definition) is 2. The lowest BCUT2D eigenvalue weighted by molar-refractivity contribution is -0.138. The topological polar surface area (TPSA) is 88.0 Å². The molecular weight excluding hydrogens is 244 g/mol. The van der Waals surface area contributed by atoms with Crippen molar-refractivity contribution in [3.63, 3.8) is 0 Å². The van der Waals surface area contributed by atoms with E-state index in [0.29, 0.717) is 17.5 Å². The van der Waals surface area contributed by atoms with Crippen molar-refractivity contribution in [2.75, 3.05) is 5.32 Å². The molecular formula is C13H16N4O2. The van der Waals surface area contributed by atoms with E-state index < -0.39 is 12.0 Å². The summed E-state index contributed by atoms with van der Waals surface area (Å²) in [6.07, 6.45) is 0.505. The average Bonchev–Trinajstić information content (AvgIpc) is 2.37. The SMILES string of the molecule is CC(C)CC(Nc1nnc2ccccc2n1)C(=O)O. The lowest BCUT2D eigenvalue weighted by Crippen LogP contribution is -2.31. The molecule has 0 radical (unpaired) electrons. The van der Waals surface area contributed by atoms with Crippen molar-refractivity contribution in [1.82, 2.24) is 15.2 Å². The largest absolute Gasteiger partial charge is 0.480 e. The molecule has 1 heterocycles. The monoisotopic (exact) mass is 260 g/mol. The predicted molar refractivity (Wildman–Crippen MR) is 71.8 cm³/mol. The standard InChI is InChI=1S/C13H16N4O2/c1-8(2)7-11(12(18)19)15-13-14-9-5-3-4-6-10(9)16-17-13/h3-6,8,11H,7H2,1-2H3,(H,18,19)(H,14,15,17). The van der Waals surface area contributed by atoms with E-state index in [1.807, 2.05) is 38.1 Å². The van der Waals surface area contributed by atoms with E-state index in [4.69, 9.17) is 5.11 Å². The Balaban J connectivity index is 2.21. The van der Waals surface area contributed by atoms with Gasteiger partial charge in [-0.1, -0.05) is 26.0 Å². The van der Waals surface area contributed by atoms with E-state index in [1.165, 1.54) is 0 Å². The molecule has 1 atom stereocenters. The Morgan fingerprint density at radius 3 is 2.58 bits per heavy atom. The van der Waals surface area contributed by atoms with E-state index in [9.17, 15) is 4.79 Å². The molecule has 2 rings (SSSR count). The Labute approximate surface area is 110 Å². The second-order valence-corrected chi connectivity index (χ2v) is 4.79. The van der Waals surface area contributed by atoms with Crippen LogP contribution in [0.3, 0.4) is 0 Å². The number of rotatable bonds is 5. The van der Waals surface area contributed by atoms with Gasteiger partial charge in [-0.15, -0.1) is 10.2 Å². The molecule has 100 valence electrons. The third-order valence-corrected chi connectivity index (χ3v) is 2.67. The maximum absolute atomic E-state index is 11.2. The fourth-order valence-electron chi connectivity index (χ4n) is 1.79. The average molecular weight is 260 g/mol. The zero-order valence-electron chi connectivity index (χ0n) is 10.9. The Kier molecular flexibility index (Phi) is 3.89. The van der Waals surface area contributed by atoms with Gasteiger partial charge in [0.05, 0.1) is 5.52 Å². The number of nitrogens with zero attached hydrogens (tertiary/aromatic N) is 3. The second kappa shape index (κ2) is 5.60. The van der Waals surface area contributed by atoms with Crippen molar-refractivity contribution in [1.29, 1.82) is 0 Å². The highest BCUT2D eigenvalue weighted by molar-refractivity contribution is 5.78. The van der Waals surface area contributed by atoms with E-state index >= 15 is 0 Å². The summed E-state index contributed by atoms with van der Waals surface area (Å²) in [4.78, 5) is 15.4. The highest BCUT2D eigenvalue weighted by Gasteiger charge is 2.19. The number of anilines is 1. The van der Waals surface area contributed by atoms with Gasteiger partial charge in [0.2, 0.25) is 5.95 Å². The lowest BCUT2D eigenvalue weighted by atomic mass is 10.0. The van der Waals surface area contributed by atoms with Crippen LogP contribution >= 0.6 is 0 Å². The molecule has 19 heavy (non-hydrogen) atoms. The van der Waals surface area contributed by atoms with Gasteiger partial charge in [0.15, 0.2) is 0 Å². The van der Waals surface area contributed by atoms with Gasteiger partial charge in [-0.2, -0.15) is 0 Å². The van der Waals surface area contributed by atoms with Crippen LogP contribution in [-0.4, -0.2) is 32.3 Å². The molecule has 1 aromatic heterocycles. The summed E-state index contributed by atoms with van der Waals surface area (Å²) in [7, 11) is 0. The third-order valence-electron chi connectivity index (χ3n) is 2.67. The minimum absolute atomic E-state index is 0.242. The van der Waals surface area contributed by atoms with Crippen LogP contribution in [-0.2, 0) is 4.79 Å². The number of carboxylic acids is 1. The minimum Gasteiger partial charge on any atom is -0.480 e. The molecule has 0 aliphatic carbocycles. The molecule has 0 fully saturated rings. The number of benzene rings is 1. The summed E-state index contributed by atoms with van der Waals surface area (Å²) in [6.45, 7) is 3.94. The van der Waals surface area contributed by atoms with Crippen molar-refractivity contribution >= 4 is 23.0 Å². The summed E-state index contributed by atoms with van der Waals surface area (Å²) in [5, 5.41) is 19.9. The summed E-state index contributed by atoms with van der Waals surface area (Å²) < 4.78 is 0. The molecule has 2 N–H and O–H groups in total. The number of nitrogens with one attached hydrogen (secondary N) is 1. The summed E-state index contributed by atoms with van der Waals surface area (Å²) in [5.74, 6) is -0.403. The zero-order chi connectivity index (χ0) is 13.8. The van der Waals surface area contributed by atoms with Crippen LogP contribution in [0.15, 0.2) is 24.3 Å². The lowest BCUT2D eigenvalue weighted by Gasteiger charge is -2.15. The van der Waals surface area contributed by atoms with Crippen LogP contribution in [0.25, 0.3) is 11.0 Å². The van der Waals surface area contributed by atoms with Crippen LogP contribution in [0.1, 0.15) is 20.3 Å². The molecule has 6 nitrogen and oxygen atoms in total. The second-order valence-electron chi connectivity index (χ2n) is 4.79. The highest BCUT2D eigenvalue weighted by Crippen LogP contribution is 2.12. The van der Waals surface area contributed by atoms with Crippen molar-refractivity contribution in [2.24, 2.45) is 5.92 Å². The first-order chi connectivity index (χ1) is 9.06. The number of carbonyl (C=O) groups is 1. The van der Waals surface area contributed by atoms with Gasteiger partial charge in [-0.05, 0) is 24.5 Å². The first-order valence-corrected chi connectivity index (χ1v) is 6.15. The van der Waals surface area contributed by atoms with Gasteiger partial charge in [-0.3, -0.25) is 0 Å². The number of aromatic nitrogens is 3. The van der Waals surface area contributed by atoms with Crippen LogP contribution in [0.4, 0.5) is 5.95 Å². The van der Waals surface area contributed by atoms with Gasteiger partial charge in [0.1, 0.15) is 11.6 Å². The van der Waals surface area contributed by atoms with E-state index in [1.54, 1.807) is 0 Å². The predicted octanol–water partition coefficient (Wildman–Crippen LogP) is 1.94. The van der Waals surface area contributed by atoms with Crippen LogP contribution in [0, 0.1) is 5.92 Å². The molecule has 0 saturated carbocycles. The molecule has 0 amide bonds. The van der Waals surface area contributed by atoms with Gasteiger partial charge in [0.25, 0.3) is 0 Å². The highest BCUT2D eigenvalue weighted by atomic mass is 16.4. The fraction of sp³-hybridized carbons (Fsp3) is 0.385. The maximum atomic E-state index is 11.2. The molecule has 0 aliphatic rings. The Morgan fingerprint density at radius 1 is 1.26 bits per heavy atom. The van der Waals surface area contributed by atoms with Gasteiger partial charge in [0, 0.05) is 0 Å². The number of carboxylic acid groups (broad SMARTS) is 1. The fourth-order valence-corrected chi connectivity index (χ4v) is 1.79. The summed E-state index contributed by atoms with van der Waals surface area (Å²) in [5.41, 5.74) is 1.37. The van der Waals surface area contributed by atoms with Crippen molar-refractivity contribution in [3.8, 4) is 0 Å². The van der Waals surface area contributed by atoms with Crippen LogP contribution < -0.4 is 5.32 Å². The molecule has 1 unspecified atom stereocenters. The van der Waals surface area contributed by atoms with Crippen molar-refractivity contribution < 1.29 is 9.90 Å². The first-order valence-electron chi connectivity index (χ1n) is 6.15. The smallest absolute Gasteiger partial charge is 0.326 e. The summed E-state index contributed by atoms with van der Waals surface area (Å²) >= 11 is 0. The molecule has 6 heteroatoms. The number of aliphatic carboxylic acids is 1. The van der Waals surface area contributed by atoms with Crippen molar-refractivity contribution in [2.45, 2.75) is 26.3 Å². The molecule has 0 aliphatic heterocycles. The van der Waals surface area contributed by atoms with E-state index in [-0.39, 0.29) is 11.9 Å². The van der Waals surface area contributed by atoms with Gasteiger partial charge in [-0.25, -0.2) is 9.78 Å². The maximum Gasteiger partial charge on any atom is 0.326 e. The molecule has 0 bridgehead atoms. The summed E-state index contributed by atoms with van der Waals surface area (Å²) in [6, 6.07) is 6.62. The van der Waals surface area contributed by atoms with E-state index in [2.05, 4.69) is 20.5 Å². The van der Waals surface area contributed by atoms with E-state index in [0.717, 1.165) is 0 Å². The number of para-hydroxylation sites is 1. The third kappa shape index (κ3) is 3.37. The van der Waals surface area contributed by atoms with Crippen LogP contribution in [0.2, 0.25) is 0 Å². The van der Waals surface area contributed by atoms with Gasteiger partial charge < -0.3 is 10.4 Å². The normalized spacial score (nSPS) is 12.6. The first kappa shape index (κ1) is 13.2.